The number of carbonyl (C=O) groups is 2. The number of rotatable bonds is 7. The predicted molar refractivity (Wildman–Crippen MR) is 152 cm³/mol. The number of benzene rings is 3. The largest absolute Gasteiger partial charge is 0.507 e. The Morgan fingerprint density at radius 2 is 1.67 bits per heavy atom. The van der Waals surface area contributed by atoms with E-state index >= 15 is 0 Å². The van der Waals surface area contributed by atoms with E-state index in [1.54, 1.807) is 43.3 Å². The minimum Gasteiger partial charge on any atom is -0.507 e. The molecule has 0 radical (unpaired) electrons. The molecule has 204 valence electrons. The van der Waals surface area contributed by atoms with Gasteiger partial charge in [0.05, 0.1) is 24.8 Å². The molecule has 1 heterocycles. The van der Waals surface area contributed by atoms with Crippen LogP contribution in [-0.4, -0.2) is 35.1 Å². The lowest BCUT2D eigenvalue weighted by Gasteiger charge is -2.26. The highest BCUT2D eigenvalue weighted by molar-refractivity contribution is 6.51. The van der Waals surface area contributed by atoms with Crippen LogP contribution in [0.1, 0.15) is 62.9 Å². The second-order valence-electron chi connectivity index (χ2n) is 10.5. The van der Waals surface area contributed by atoms with Crippen molar-refractivity contribution in [2.45, 2.75) is 53.0 Å². The van der Waals surface area contributed by atoms with Crippen LogP contribution in [0.5, 0.6) is 17.2 Å². The van der Waals surface area contributed by atoms with Crippen LogP contribution in [0.15, 0.2) is 66.2 Å². The number of hydrogen-bond donors (Lipinski definition) is 2. The van der Waals surface area contributed by atoms with E-state index in [-0.39, 0.29) is 28.2 Å². The highest BCUT2D eigenvalue weighted by Crippen LogP contribution is 2.45. The average Bonchev–Trinajstić information content (AvgIpc) is 3.15. The normalized spacial score (nSPS) is 17.0. The van der Waals surface area contributed by atoms with Crippen molar-refractivity contribution in [2.24, 2.45) is 0 Å². The Hall–Kier alpha value is -4.26. The van der Waals surface area contributed by atoms with Gasteiger partial charge >= 0.3 is 0 Å². The third kappa shape index (κ3) is 5.35. The van der Waals surface area contributed by atoms with Gasteiger partial charge in [-0.2, -0.15) is 0 Å². The molecule has 1 atom stereocenters. The van der Waals surface area contributed by atoms with Crippen LogP contribution in [-0.2, 0) is 15.0 Å². The van der Waals surface area contributed by atoms with Gasteiger partial charge in [-0.15, -0.1) is 0 Å². The first-order chi connectivity index (χ1) is 18.5. The van der Waals surface area contributed by atoms with Crippen molar-refractivity contribution in [3.05, 3.63) is 88.5 Å². The standard InChI is InChI=1S/C32H35NO6/c1-7-38-23-11-9-10-22(18-23)33-28(20-13-15-25(34)26(16-20)39-8-2)27(30(36)31(33)37)29(35)24-17-21(32(4,5)6)14-12-19(24)3/h9-18,28,34-35H,7-8H2,1-6H3/b29-27+. The fraction of sp³-hybridized carbons (Fsp3) is 0.312. The van der Waals surface area contributed by atoms with E-state index in [0.29, 0.717) is 35.8 Å². The molecule has 0 aromatic heterocycles. The number of aryl methyl sites for hydroxylation is 1. The number of aliphatic hydroxyl groups excluding tert-OH is 1. The van der Waals surface area contributed by atoms with Gasteiger partial charge in [-0.1, -0.05) is 45.0 Å². The van der Waals surface area contributed by atoms with Gasteiger partial charge in [0.25, 0.3) is 11.7 Å². The Balaban J connectivity index is 1.99. The summed E-state index contributed by atoms with van der Waals surface area (Å²) in [7, 11) is 0. The molecule has 0 spiro atoms. The second-order valence-corrected chi connectivity index (χ2v) is 10.5. The molecule has 1 aliphatic rings. The number of hydrogen-bond acceptors (Lipinski definition) is 6. The number of nitrogens with zero attached hydrogens (tertiary/aromatic N) is 1. The molecule has 0 bridgehead atoms. The van der Waals surface area contributed by atoms with Gasteiger partial charge in [-0.05, 0) is 73.2 Å². The number of carbonyl (C=O) groups excluding carboxylic acids is 2. The van der Waals surface area contributed by atoms with Gasteiger partial charge in [0.15, 0.2) is 11.5 Å². The summed E-state index contributed by atoms with van der Waals surface area (Å²) in [4.78, 5) is 28.6. The van der Waals surface area contributed by atoms with Crippen molar-refractivity contribution < 1.29 is 29.3 Å². The minimum absolute atomic E-state index is 0.0379. The number of ether oxygens (including phenoxy) is 2. The van der Waals surface area contributed by atoms with Gasteiger partial charge in [-0.3, -0.25) is 14.5 Å². The average molecular weight is 530 g/mol. The summed E-state index contributed by atoms with van der Waals surface area (Å²) < 4.78 is 11.2. The number of aliphatic hydroxyl groups is 1. The maximum absolute atomic E-state index is 13.6. The Kier molecular flexibility index (Phi) is 7.72. The Morgan fingerprint density at radius 3 is 2.33 bits per heavy atom. The number of phenolic OH excluding ortho intramolecular Hbond substituents is 1. The van der Waals surface area contributed by atoms with E-state index in [9.17, 15) is 19.8 Å². The fourth-order valence-corrected chi connectivity index (χ4v) is 4.76. The van der Waals surface area contributed by atoms with Gasteiger partial charge < -0.3 is 19.7 Å². The molecular weight excluding hydrogens is 494 g/mol. The summed E-state index contributed by atoms with van der Waals surface area (Å²) >= 11 is 0. The van der Waals surface area contributed by atoms with Gasteiger partial charge in [-0.25, -0.2) is 0 Å². The summed E-state index contributed by atoms with van der Waals surface area (Å²) in [5.74, 6) is -1.13. The summed E-state index contributed by atoms with van der Waals surface area (Å²) in [5.41, 5.74) is 2.94. The summed E-state index contributed by atoms with van der Waals surface area (Å²) in [6.45, 7) is 12.5. The Morgan fingerprint density at radius 1 is 0.949 bits per heavy atom. The predicted octanol–water partition coefficient (Wildman–Crippen LogP) is 6.42. The maximum atomic E-state index is 13.6. The Bertz CT molecular complexity index is 1450. The molecule has 1 fully saturated rings. The van der Waals surface area contributed by atoms with Crippen molar-refractivity contribution in [3.63, 3.8) is 0 Å². The number of ketones is 1. The van der Waals surface area contributed by atoms with Crippen molar-refractivity contribution in [1.82, 2.24) is 0 Å². The quantitative estimate of drug-likeness (QED) is 0.208. The SMILES string of the molecule is CCOc1cccc(N2C(=O)C(=O)/C(=C(/O)c3cc(C(C)(C)C)ccc3C)C2c2ccc(O)c(OCC)c2)c1. The Labute approximate surface area is 229 Å². The lowest BCUT2D eigenvalue weighted by atomic mass is 9.84. The summed E-state index contributed by atoms with van der Waals surface area (Å²) in [6, 6.07) is 16.4. The first-order valence-corrected chi connectivity index (χ1v) is 13.1. The van der Waals surface area contributed by atoms with Crippen LogP contribution >= 0.6 is 0 Å². The molecule has 0 saturated carbocycles. The number of amides is 1. The first kappa shape index (κ1) is 27.8. The molecular formula is C32H35NO6. The van der Waals surface area contributed by atoms with Crippen LogP contribution in [0.3, 0.4) is 0 Å². The molecule has 1 unspecified atom stereocenters. The zero-order valence-electron chi connectivity index (χ0n) is 23.2. The molecule has 39 heavy (non-hydrogen) atoms. The lowest BCUT2D eigenvalue weighted by molar-refractivity contribution is -0.132. The molecule has 1 aliphatic heterocycles. The smallest absolute Gasteiger partial charge is 0.300 e. The van der Waals surface area contributed by atoms with E-state index in [2.05, 4.69) is 20.8 Å². The molecule has 3 aromatic carbocycles. The van der Waals surface area contributed by atoms with Crippen LogP contribution in [0, 0.1) is 6.92 Å². The van der Waals surface area contributed by atoms with E-state index in [1.807, 2.05) is 32.0 Å². The van der Waals surface area contributed by atoms with Crippen LogP contribution in [0.4, 0.5) is 5.69 Å². The van der Waals surface area contributed by atoms with E-state index in [1.165, 1.54) is 11.0 Å². The zero-order chi connectivity index (χ0) is 28.5. The molecule has 4 rings (SSSR count). The molecule has 1 amide bonds. The van der Waals surface area contributed by atoms with Crippen LogP contribution < -0.4 is 14.4 Å². The van der Waals surface area contributed by atoms with Crippen molar-refractivity contribution in [3.8, 4) is 17.2 Å². The molecule has 0 aliphatic carbocycles. The van der Waals surface area contributed by atoms with Crippen molar-refractivity contribution in [1.29, 1.82) is 0 Å². The topological polar surface area (TPSA) is 96.3 Å². The summed E-state index contributed by atoms with van der Waals surface area (Å²) in [5, 5.41) is 22.1. The van der Waals surface area contributed by atoms with E-state index < -0.39 is 17.7 Å². The fourth-order valence-electron chi connectivity index (χ4n) is 4.76. The maximum Gasteiger partial charge on any atom is 0.300 e. The van der Waals surface area contributed by atoms with Gasteiger partial charge in [0, 0.05) is 17.3 Å². The van der Waals surface area contributed by atoms with Crippen LogP contribution in [0.2, 0.25) is 0 Å². The molecule has 7 nitrogen and oxygen atoms in total. The minimum atomic E-state index is -0.973. The number of aromatic hydroxyl groups is 1. The molecule has 3 aromatic rings. The first-order valence-electron chi connectivity index (χ1n) is 13.1. The number of phenols is 1. The van der Waals surface area contributed by atoms with E-state index in [4.69, 9.17) is 9.47 Å². The highest BCUT2D eigenvalue weighted by atomic mass is 16.5. The number of anilines is 1. The lowest BCUT2D eigenvalue weighted by Crippen LogP contribution is -2.29. The molecule has 1 saturated heterocycles. The van der Waals surface area contributed by atoms with Crippen LogP contribution in [0.25, 0.3) is 5.76 Å². The number of Topliss-reactive ketones (excluding diaryl/α,β-unsaturated/α-hetero) is 1. The molecule has 7 heteroatoms. The third-order valence-corrected chi connectivity index (χ3v) is 6.81. The highest BCUT2D eigenvalue weighted by Gasteiger charge is 2.47. The van der Waals surface area contributed by atoms with Gasteiger partial charge in [0.2, 0.25) is 0 Å². The molecule has 2 N–H and O–H groups in total. The second kappa shape index (κ2) is 10.8. The third-order valence-electron chi connectivity index (χ3n) is 6.81. The van der Waals surface area contributed by atoms with Gasteiger partial charge in [0.1, 0.15) is 11.5 Å². The van der Waals surface area contributed by atoms with Crippen molar-refractivity contribution in [2.75, 3.05) is 18.1 Å². The van der Waals surface area contributed by atoms with Crippen molar-refractivity contribution >= 4 is 23.1 Å². The summed E-state index contributed by atoms with van der Waals surface area (Å²) in [6.07, 6.45) is 0. The monoisotopic (exact) mass is 529 g/mol. The van der Waals surface area contributed by atoms with E-state index in [0.717, 1.165) is 11.1 Å². The zero-order valence-corrected chi connectivity index (χ0v) is 23.2.